The molecular weight excluding hydrogens is 308 g/mol. The van der Waals surface area contributed by atoms with Gasteiger partial charge >= 0.3 is 0 Å². The van der Waals surface area contributed by atoms with E-state index in [2.05, 4.69) is 4.90 Å². The van der Waals surface area contributed by atoms with E-state index in [1.54, 1.807) is 6.07 Å². The smallest absolute Gasteiger partial charge is 0.192 e. The lowest BCUT2D eigenvalue weighted by molar-refractivity contribution is 0.203. The van der Waals surface area contributed by atoms with Gasteiger partial charge in [-0.15, -0.1) is 0 Å². The molecular formula is C18H24N2O2S. The number of nitrogens with zero attached hydrogens (tertiary/aromatic N) is 1. The molecule has 1 heterocycles. The standard InChI is InChI=1S/C18H24N2O2S/c19-11-8-15-9-12-20(13-10-15)14-23(21,22)18-7-3-5-16-4-1-2-6-17(16)18/h1-7,15H,8-14,19H2. The van der Waals surface area contributed by atoms with Crippen molar-refractivity contribution in [2.75, 3.05) is 25.5 Å². The molecule has 0 unspecified atom stereocenters. The lowest BCUT2D eigenvalue weighted by Gasteiger charge is -2.31. The van der Waals surface area contributed by atoms with Gasteiger partial charge in [0.25, 0.3) is 0 Å². The minimum atomic E-state index is -3.32. The molecule has 5 heteroatoms. The predicted molar refractivity (Wildman–Crippen MR) is 94.0 cm³/mol. The van der Waals surface area contributed by atoms with Crippen molar-refractivity contribution in [2.45, 2.75) is 24.2 Å². The number of rotatable bonds is 5. The minimum Gasteiger partial charge on any atom is -0.330 e. The molecule has 0 spiro atoms. The second kappa shape index (κ2) is 6.99. The van der Waals surface area contributed by atoms with E-state index in [-0.39, 0.29) is 5.88 Å². The molecule has 1 saturated heterocycles. The normalized spacial score (nSPS) is 17.6. The van der Waals surface area contributed by atoms with Gasteiger partial charge in [-0.2, -0.15) is 0 Å². The van der Waals surface area contributed by atoms with E-state index in [1.165, 1.54) is 0 Å². The third-order valence-electron chi connectivity index (χ3n) is 4.72. The Morgan fingerprint density at radius 1 is 1.04 bits per heavy atom. The topological polar surface area (TPSA) is 63.4 Å². The van der Waals surface area contributed by atoms with E-state index >= 15 is 0 Å². The third-order valence-corrected chi connectivity index (χ3v) is 6.45. The lowest BCUT2D eigenvalue weighted by atomic mass is 9.94. The summed E-state index contributed by atoms with van der Waals surface area (Å²) in [6.45, 7) is 2.41. The largest absolute Gasteiger partial charge is 0.330 e. The van der Waals surface area contributed by atoms with E-state index in [9.17, 15) is 8.42 Å². The van der Waals surface area contributed by atoms with Crippen molar-refractivity contribution in [1.82, 2.24) is 4.90 Å². The first-order valence-corrected chi connectivity index (χ1v) is 9.88. The molecule has 0 aromatic heterocycles. The van der Waals surface area contributed by atoms with Gasteiger partial charge < -0.3 is 5.73 Å². The highest BCUT2D eigenvalue weighted by molar-refractivity contribution is 7.91. The second-order valence-corrected chi connectivity index (χ2v) is 8.29. The monoisotopic (exact) mass is 332 g/mol. The number of fused-ring (bicyclic) bond motifs is 1. The van der Waals surface area contributed by atoms with Gasteiger partial charge in [-0.1, -0.05) is 36.4 Å². The number of hydrogen-bond acceptors (Lipinski definition) is 4. The molecule has 2 N–H and O–H groups in total. The first-order valence-electron chi connectivity index (χ1n) is 8.23. The zero-order chi connectivity index (χ0) is 16.3. The van der Waals surface area contributed by atoms with Crippen molar-refractivity contribution in [3.05, 3.63) is 42.5 Å². The molecule has 3 rings (SSSR count). The van der Waals surface area contributed by atoms with Gasteiger partial charge in [0.15, 0.2) is 9.84 Å². The molecule has 4 nitrogen and oxygen atoms in total. The number of piperidine rings is 1. The summed E-state index contributed by atoms with van der Waals surface area (Å²) < 4.78 is 25.7. The maximum atomic E-state index is 12.9. The van der Waals surface area contributed by atoms with Crippen LogP contribution in [0.5, 0.6) is 0 Å². The second-order valence-electron chi connectivity index (χ2n) is 6.36. The van der Waals surface area contributed by atoms with Crippen LogP contribution >= 0.6 is 0 Å². The zero-order valence-electron chi connectivity index (χ0n) is 13.3. The molecule has 0 saturated carbocycles. The van der Waals surface area contributed by atoms with Crippen molar-refractivity contribution in [3.8, 4) is 0 Å². The van der Waals surface area contributed by atoms with Gasteiger partial charge in [0, 0.05) is 5.39 Å². The van der Waals surface area contributed by atoms with Crippen LogP contribution in [0.3, 0.4) is 0 Å². The maximum absolute atomic E-state index is 12.9. The SMILES string of the molecule is NCCC1CCN(CS(=O)(=O)c2cccc3ccccc23)CC1. The van der Waals surface area contributed by atoms with Crippen molar-refractivity contribution < 1.29 is 8.42 Å². The Kier molecular flexibility index (Phi) is 4.99. The number of nitrogens with two attached hydrogens (primary N) is 1. The molecule has 1 fully saturated rings. The van der Waals surface area contributed by atoms with Crippen LogP contribution in [-0.4, -0.2) is 38.8 Å². The fraction of sp³-hybridized carbons (Fsp3) is 0.444. The summed E-state index contributed by atoms with van der Waals surface area (Å²) in [6, 6.07) is 13.1. The molecule has 1 aliphatic heterocycles. The molecule has 2 aromatic rings. The minimum absolute atomic E-state index is 0.107. The van der Waals surface area contributed by atoms with E-state index in [0.29, 0.717) is 10.8 Å². The Bertz CT molecular complexity index is 760. The van der Waals surface area contributed by atoms with Gasteiger partial charge in [0.2, 0.25) is 0 Å². The highest BCUT2D eigenvalue weighted by Crippen LogP contribution is 2.26. The molecule has 23 heavy (non-hydrogen) atoms. The average Bonchev–Trinajstić information content (AvgIpc) is 2.56. The Labute approximate surface area is 138 Å². The number of benzene rings is 2. The number of likely N-dealkylation sites (tertiary alicyclic amines) is 1. The van der Waals surface area contributed by atoms with Gasteiger partial charge in [0.05, 0.1) is 4.90 Å². The van der Waals surface area contributed by atoms with Crippen molar-refractivity contribution in [3.63, 3.8) is 0 Å². The average molecular weight is 332 g/mol. The Balaban J connectivity index is 1.77. The number of sulfone groups is 1. The van der Waals surface area contributed by atoms with Crippen LogP contribution in [0.1, 0.15) is 19.3 Å². The molecule has 2 aromatic carbocycles. The van der Waals surface area contributed by atoms with Crippen LogP contribution in [0.25, 0.3) is 10.8 Å². The predicted octanol–water partition coefficient (Wildman–Crippen LogP) is 2.63. The molecule has 124 valence electrons. The molecule has 0 radical (unpaired) electrons. The van der Waals surface area contributed by atoms with E-state index in [0.717, 1.165) is 49.7 Å². The fourth-order valence-corrected chi connectivity index (χ4v) is 5.10. The first kappa shape index (κ1) is 16.4. The lowest BCUT2D eigenvalue weighted by Crippen LogP contribution is -2.37. The van der Waals surface area contributed by atoms with E-state index in [1.807, 2.05) is 36.4 Å². The highest BCUT2D eigenvalue weighted by atomic mass is 32.2. The van der Waals surface area contributed by atoms with Crippen molar-refractivity contribution >= 4 is 20.6 Å². The summed E-state index contributed by atoms with van der Waals surface area (Å²) >= 11 is 0. The molecule has 0 aliphatic carbocycles. The summed E-state index contributed by atoms with van der Waals surface area (Å²) in [5, 5.41) is 1.78. The summed E-state index contributed by atoms with van der Waals surface area (Å²) in [6.07, 6.45) is 3.13. The molecule has 0 bridgehead atoms. The van der Waals surface area contributed by atoms with Gasteiger partial charge in [0.1, 0.15) is 5.88 Å². The maximum Gasteiger partial charge on any atom is 0.192 e. The van der Waals surface area contributed by atoms with Crippen LogP contribution in [0.2, 0.25) is 0 Å². The van der Waals surface area contributed by atoms with Gasteiger partial charge in [-0.05, 0) is 56.3 Å². The van der Waals surface area contributed by atoms with Crippen molar-refractivity contribution in [2.24, 2.45) is 11.7 Å². The van der Waals surface area contributed by atoms with Crippen LogP contribution in [-0.2, 0) is 9.84 Å². The number of hydrogen-bond donors (Lipinski definition) is 1. The Hall–Kier alpha value is -1.43. The van der Waals surface area contributed by atoms with Crippen LogP contribution < -0.4 is 5.73 Å². The summed E-state index contributed by atoms with van der Waals surface area (Å²) in [4.78, 5) is 2.50. The summed E-state index contributed by atoms with van der Waals surface area (Å²) in [5.74, 6) is 0.757. The zero-order valence-corrected chi connectivity index (χ0v) is 14.1. The van der Waals surface area contributed by atoms with E-state index in [4.69, 9.17) is 5.73 Å². The molecule has 1 aliphatic rings. The van der Waals surface area contributed by atoms with Crippen LogP contribution in [0, 0.1) is 5.92 Å². The fourth-order valence-electron chi connectivity index (χ4n) is 3.42. The van der Waals surface area contributed by atoms with Gasteiger partial charge in [-0.3, -0.25) is 4.90 Å². The Morgan fingerprint density at radius 3 is 2.48 bits per heavy atom. The highest BCUT2D eigenvalue weighted by Gasteiger charge is 2.25. The summed E-state index contributed by atoms with van der Waals surface area (Å²) in [5.41, 5.74) is 5.62. The molecule has 0 atom stereocenters. The molecule has 0 amide bonds. The van der Waals surface area contributed by atoms with Crippen molar-refractivity contribution in [1.29, 1.82) is 0 Å². The van der Waals surface area contributed by atoms with Crippen LogP contribution in [0.4, 0.5) is 0 Å². The van der Waals surface area contributed by atoms with Crippen LogP contribution in [0.15, 0.2) is 47.4 Å². The summed E-state index contributed by atoms with van der Waals surface area (Å²) in [7, 11) is -3.32. The van der Waals surface area contributed by atoms with Gasteiger partial charge in [-0.25, -0.2) is 8.42 Å². The van der Waals surface area contributed by atoms with E-state index < -0.39 is 9.84 Å². The quantitative estimate of drug-likeness (QED) is 0.914. The third kappa shape index (κ3) is 3.74. The Morgan fingerprint density at radius 2 is 1.74 bits per heavy atom. The first-order chi connectivity index (χ1) is 11.1.